The first-order valence-electron chi connectivity index (χ1n) is 8.69. The van der Waals surface area contributed by atoms with E-state index in [1.54, 1.807) is 7.11 Å². The van der Waals surface area contributed by atoms with Gasteiger partial charge in [-0.3, -0.25) is 9.59 Å². The number of fused-ring (bicyclic) bond motifs is 1. The van der Waals surface area contributed by atoms with Gasteiger partial charge in [0.1, 0.15) is 0 Å². The molecule has 2 amide bonds. The van der Waals surface area contributed by atoms with E-state index in [2.05, 4.69) is 19.1 Å². The van der Waals surface area contributed by atoms with Gasteiger partial charge in [-0.1, -0.05) is 30.3 Å². The zero-order valence-electron chi connectivity index (χ0n) is 14.5. The number of ether oxygens (including phenoxy) is 1. The van der Waals surface area contributed by atoms with Gasteiger partial charge < -0.3 is 14.5 Å². The molecule has 0 unspecified atom stereocenters. The van der Waals surface area contributed by atoms with Crippen LogP contribution in [0.4, 0.5) is 0 Å². The third kappa shape index (κ3) is 3.05. The third-order valence-corrected chi connectivity index (χ3v) is 5.53. The van der Waals surface area contributed by atoms with Gasteiger partial charge in [0.2, 0.25) is 11.8 Å². The molecule has 0 spiro atoms. The van der Waals surface area contributed by atoms with Gasteiger partial charge in [-0.2, -0.15) is 0 Å². The lowest BCUT2D eigenvalue weighted by molar-refractivity contribution is -0.148. The zero-order valence-corrected chi connectivity index (χ0v) is 14.5. The molecule has 0 bridgehead atoms. The van der Waals surface area contributed by atoms with Gasteiger partial charge in [0.25, 0.3) is 0 Å². The first-order valence-corrected chi connectivity index (χ1v) is 8.69. The van der Waals surface area contributed by atoms with Crippen molar-refractivity contribution in [3.05, 3.63) is 35.9 Å². The summed E-state index contributed by atoms with van der Waals surface area (Å²) in [6.45, 7) is 3.93. The molecule has 2 atom stereocenters. The largest absolute Gasteiger partial charge is 0.384 e. The van der Waals surface area contributed by atoms with Crippen molar-refractivity contribution < 1.29 is 14.3 Å². The summed E-state index contributed by atoms with van der Waals surface area (Å²) in [6.07, 6.45) is 2.53. The summed E-state index contributed by atoms with van der Waals surface area (Å²) in [7, 11) is 1.61. The second-order valence-corrected chi connectivity index (χ2v) is 6.96. The molecule has 1 aromatic rings. The molecule has 0 radical (unpaired) electrons. The Labute approximate surface area is 143 Å². The number of likely N-dealkylation sites (tertiary alicyclic amines) is 2. The summed E-state index contributed by atoms with van der Waals surface area (Å²) in [5, 5.41) is 0. The van der Waals surface area contributed by atoms with Crippen molar-refractivity contribution >= 4 is 11.8 Å². The highest BCUT2D eigenvalue weighted by Crippen LogP contribution is 2.41. The Bertz CT molecular complexity index is 604. The Kier molecular flexibility index (Phi) is 4.90. The van der Waals surface area contributed by atoms with Crippen molar-refractivity contribution in [2.45, 2.75) is 50.7 Å². The molecule has 5 heteroatoms. The van der Waals surface area contributed by atoms with Crippen molar-refractivity contribution in [1.82, 2.24) is 9.80 Å². The maximum Gasteiger partial charge on any atom is 0.225 e. The fourth-order valence-electron chi connectivity index (χ4n) is 4.13. The lowest BCUT2D eigenvalue weighted by Crippen LogP contribution is -2.60. The van der Waals surface area contributed by atoms with Crippen LogP contribution in [0.2, 0.25) is 0 Å². The van der Waals surface area contributed by atoms with E-state index in [0.29, 0.717) is 26.0 Å². The Morgan fingerprint density at radius 3 is 2.79 bits per heavy atom. The van der Waals surface area contributed by atoms with Gasteiger partial charge in [-0.15, -0.1) is 0 Å². The van der Waals surface area contributed by atoms with Gasteiger partial charge in [-0.25, -0.2) is 0 Å². The fraction of sp³-hybridized carbons (Fsp3) is 0.579. The molecule has 130 valence electrons. The maximum absolute atomic E-state index is 12.6. The predicted octanol–water partition coefficient (Wildman–Crippen LogP) is 2.21. The molecular weight excluding hydrogens is 304 g/mol. The van der Waals surface area contributed by atoms with E-state index in [0.717, 1.165) is 24.9 Å². The summed E-state index contributed by atoms with van der Waals surface area (Å²) in [5.41, 5.74) is 0.866. The second kappa shape index (κ2) is 6.93. The Morgan fingerprint density at radius 1 is 1.33 bits per heavy atom. The fourth-order valence-corrected chi connectivity index (χ4v) is 4.13. The average molecular weight is 330 g/mol. The summed E-state index contributed by atoms with van der Waals surface area (Å²) >= 11 is 0. The maximum atomic E-state index is 12.6. The lowest BCUT2D eigenvalue weighted by atomic mass is 9.83. The van der Waals surface area contributed by atoms with E-state index in [4.69, 9.17) is 4.74 Å². The molecule has 0 aliphatic carbocycles. The molecular formula is C19H26N2O3. The minimum atomic E-state index is -0.270. The Hall–Kier alpha value is -1.88. The Morgan fingerprint density at radius 2 is 2.08 bits per heavy atom. The normalized spacial score (nSPS) is 26.6. The molecule has 5 nitrogen and oxygen atoms in total. The monoisotopic (exact) mass is 330 g/mol. The van der Waals surface area contributed by atoms with Gasteiger partial charge in [0.15, 0.2) is 0 Å². The topological polar surface area (TPSA) is 49.9 Å². The third-order valence-electron chi connectivity index (χ3n) is 5.53. The second-order valence-electron chi connectivity index (χ2n) is 6.96. The number of amides is 2. The van der Waals surface area contributed by atoms with Crippen LogP contribution in [0, 0.1) is 0 Å². The molecule has 0 N–H and O–H groups in total. The number of carbonyl (C=O) groups is 2. The SMILES string of the molecule is COCCC(=O)N1CC[C@@]2(C)[C@@H]1CCC(=O)N2Cc1ccccc1. The molecule has 0 saturated carbocycles. The van der Waals surface area contributed by atoms with Crippen LogP contribution in [0.1, 0.15) is 38.2 Å². The van der Waals surface area contributed by atoms with Crippen LogP contribution in [-0.2, 0) is 20.9 Å². The van der Waals surface area contributed by atoms with Crippen molar-refractivity contribution in [3.63, 3.8) is 0 Å². The zero-order chi connectivity index (χ0) is 17.2. The molecule has 1 aromatic carbocycles. The van der Waals surface area contributed by atoms with Crippen LogP contribution in [0.3, 0.4) is 0 Å². The van der Waals surface area contributed by atoms with Crippen LogP contribution in [0.25, 0.3) is 0 Å². The first-order chi connectivity index (χ1) is 11.6. The standard InChI is InChI=1S/C19H26N2O3/c1-19-11-12-20(17(22)10-13-24-2)16(19)8-9-18(23)21(19)14-15-6-4-3-5-7-15/h3-7,16H,8-14H2,1-2H3/t16-,19-/m0/s1. The smallest absolute Gasteiger partial charge is 0.225 e. The summed E-state index contributed by atoms with van der Waals surface area (Å²) in [4.78, 5) is 29.1. The van der Waals surface area contributed by atoms with Gasteiger partial charge in [0, 0.05) is 26.6 Å². The molecule has 24 heavy (non-hydrogen) atoms. The van der Waals surface area contributed by atoms with E-state index in [1.165, 1.54) is 0 Å². The van der Waals surface area contributed by atoms with E-state index in [-0.39, 0.29) is 23.4 Å². The highest BCUT2D eigenvalue weighted by Gasteiger charge is 2.53. The quantitative estimate of drug-likeness (QED) is 0.832. The number of piperidine rings is 1. The summed E-state index contributed by atoms with van der Waals surface area (Å²) in [5.74, 6) is 0.336. The van der Waals surface area contributed by atoms with Gasteiger partial charge >= 0.3 is 0 Å². The molecule has 2 fully saturated rings. The number of methoxy groups -OCH3 is 1. The number of hydrogen-bond donors (Lipinski definition) is 0. The van der Waals surface area contributed by atoms with Crippen LogP contribution >= 0.6 is 0 Å². The van der Waals surface area contributed by atoms with Crippen molar-refractivity contribution in [1.29, 1.82) is 0 Å². The van der Waals surface area contributed by atoms with Crippen LogP contribution in [0.15, 0.2) is 30.3 Å². The Balaban J connectivity index is 1.79. The van der Waals surface area contributed by atoms with Gasteiger partial charge in [0.05, 0.1) is 24.6 Å². The molecule has 2 aliphatic heterocycles. The summed E-state index contributed by atoms with van der Waals surface area (Å²) in [6, 6.07) is 10.2. The lowest BCUT2D eigenvalue weighted by Gasteiger charge is -2.47. The average Bonchev–Trinajstić information content (AvgIpc) is 2.94. The van der Waals surface area contributed by atoms with Crippen LogP contribution in [0.5, 0.6) is 0 Å². The summed E-state index contributed by atoms with van der Waals surface area (Å²) < 4.78 is 5.04. The number of rotatable bonds is 5. The highest BCUT2D eigenvalue weighted by atomic mass is 16.5. The van der Waals surface area contributed by atoms with Crippen molar-refractivity contribution in [2.24, 2.45) is 0 Å². The minimum Gasteiger partial charge on any atom is -0.384 e. The van der Waals surface area contributed by atoms with Crippen molar-refractivity contribution in [2.75, 3.05) is 20.3 Å². The van der Waals surface area contributed by atoms with Gasteiger partial charge in [-0.05, 0) is 25.3 Å². The van der Waals surface area contributed by atoms with Crippen LogP contribution in [-0.4, -0.2) is 53.5 Å². The first kappa shape index (κ1) is 17.0. The molecule has 0 aromatic heterocycles. The number of nitrogens with zero attached hydrogens (tertiary/aromatic N) is 2. The molecule has 2 saturated heterocycles. The highest BCUT2D eigenvalue weighted by molar-refractivity contribution is 5.81. The molecule has 2 heterocycles. The molecule has 2 aliphatic rings. The van der Waals surface area contributed by atoms with E-state index in [1.807, 2.05) is 28.0 Å². The van der Waals surface area contributed by atoms with Crippen LogP contribution < -0.4 is 0 Å². The van der Waals surface area contributed by atoms with Crippen molar-refractivity contribution in [3.8, 4) is 0 Å². The van der Waals surface area contributed by atoms with E-state index < -0.39 is 0 Å². The van der Waals surface area contributed by atoms with E-state index in [9.17, 15) is 9.59 Å². The number of benzene rings is 1. The van der Waals surface area contributed by atoms with E-state index >= 15 is 0 Å². The predicted molar refractivity (Wildman–Crippen MR) is 91.2 cm³/mol. The molecule has 3 rings (SSSR count). The minimum absolute atomic E-state index is 0.114. The number of carbonyl (C=O) groups excluding carboxylic acids is 2. The number of hydrogen-bond acceptors (Lipinski definition) is 3.